The molecular formula is C10H13BrN2O2. The number of aliphatic carboxylic acids is 1. The zero-order valence-corrected chi connectivity index (χ0v) is 9.99. The van der Waals surface area contributed by atoms with E-state index in [0.717, 1.165) is 10.3 Å². The molecule has 0 fully saturated rings. The summed E-state index contributed by atoms with van der Waals surface area (Å²) >= 11 is 3.24. The minimum Gasteiger partial charge on any atom is -0.481 e. The lowest BCUT2D eigenvalue weighted by molar-refractivity contribution is -0.137. The molecule has 0 aliphatic carbocycles. The molecule has 0 spiro atoms. The van der Waals surface area contributed by atoms with Gasteiger partial charge >= 0.3 is 5.97 Å². The second kappa shape index (κ2) is 5.70. The molecule has 0 saturated carbocycles. The fourth-order valence-corrected chi connectivity index (χ4v) is 1.39. The van der Waals surface area contributed by atoms with Crippen molar-refractivity contribution in [2.75, 3.05) is 5.32 Å². The van der Waals surface area contributed by atoms with Gasteiger partial charge in [-0.1, -0.05) is 0 Å². The number of hydrogen-bond donors (Lipinski definition) is 2. The van der Waals surface area contributed by atoms with E-state index in [1.54, 1.807) is 6.20 Å². The number of halogens is 1. The molecule has 1 atom stereocenters. The Bertz CT molecular complexity index is 327. The molecule has 82 valence electrons. The number of carbonyl (C=O) groups is 1. The van der Waals surface area contributed by atoms with Crippen LogP contribution < -0.4 is 5.32 Å². The maximum atomic E-state index is 10.4. The van der Waals surface area contributed by atoms with Gasteiger partial charge in [-0.25, -0.2) is 4.98 Å². The van der Waals surface area contributed by atoms with Crippen LogP contribution in [0.3, 0.4) is 0 Å². The van der Waals surface area contributed by atoms with E-state index in [4.69, 9.17) is 5.11 Å². The summed E-state index contributed by atoms with van der Waals surface area (Å²) in [5.41, 5.74) is 0.899. The number of carboxylic acid groups (broad SMARTS) is 1. The Morgan fingerprint density at radius 1 is 1.67 bits per heavy atom. The Morgan fingerprint density at radius 2 is 2.40 bits per heavy atom. The molecule has 0 amide bonds. The van der Waals surface area contributed by atoms with Crippen LogP contribution in [0.2, 0.25) is 0 Å². The smallest absolute Gasteiger partial charge is 0.303 e. The highest BCUT2D eigenvalue weighted by Gasteiger charge is 2.05. The zero-order valence-electron chi connectivity index (χ0n) is 8.40. The summed E-state index contributed by atoms with van der Waals surface area (Å²) in [6.45, 7) is 1.95. The van der Waals surface area contributed by atoms with Crippen LogP contribution in [0, 0.1) is 0 Å². The lowest BCUT2D eigenvalue weighted by Crippen LogP contribution is -2.16. The molecule has 15 heavy (non-hydrogen) atoms. The van der Waals surface area contributed by atoms with E-state index in [1.165, 1.54) is 0 Å². The predicted molar refractivity (Wildman–Crippen MR) is 61.9 cm³/mol. The van der Waals surface area contributed by atoms with Gasteiger partial charge < -0.3 is 10.4 Å². The van der Waals surface area contributed by atoms with Gasteiger partial charge in [-0.05, 0) is 41.4 Å². The van der Waals surface area contributed by atoms with Gasteiger partial charge in [-0.15, -0.1) is 0 Å². The summed E-state index contributed by atoms with van der Waals surface area (Å²) in [7, 11) is 0. The third-order valence-electron chi connectivity index (χ3n) is 1.93. The highest BCUT2D eigenvalue weighted by molar-refractivity contribution is 9.10. The summed E-state index contributed by atoms with van der Waals surface area (Å²) in [5, 5.41) is 11.7. The van der Waals surface area contributed by atoms with E-state index in [2.05, 4.69) is 26.2 Å². The second-order valence-electron chi connectivity index (χ2n) is 3.35. The van der Waals surface area contributed by atoms with Crippen LogP contribution >= 0.6 is 15.9 Å². The Hall–Kier alpha value is -1.10. The molecule has 0 aliphatic heterocycles. The first-order valence-corrected chi connectivity index (χ1v) is 5.47. The van der Waals surface area contributed by atoms with Crippen LogP contribution in [0.4, 0.5) is 5.69 Å². The number of aromatic nitrogens is 1. The molecule has 1 rings (SSSR count). The molecule has 5 heteroatoms. The van der Waals surface area contributed by atoms with Gasteiger partial charge in [0.15, 0.2) is 0 Å². The number of anilines is 1. The van der Waals surface area contributed by atoms with Crippen LogP contribution in [0.25, 0.3) is 0 Å². The summed E-state index contributed by atoms with van der Waals surface area (Å²) < 4.78 is 0.784. The van der Waals surface area contributed by atoms with Gasteiger partial charge in [-0.2, -0.15) is 0 Å². The van der Waals surface area contributed by atoms with Crippen LogP contribution in [0.15, 0.2) is 22.9 Å². The number of carboxylic acids is 1. The predicted octanol–water partition coefficient (Wildman–Crippen LogP) is 2.51. The van der Waals surface area contributed by atoms with Gasteiger partial charge in [-0.3, -0.25) is 4.79 Å². The molecule has 0 aliphatic rings. The summed E-state index contributed by atoms with van der Waals surface area (Å²) in [6, 6.07) is 3.87. The minimum absolute atomic E-state index is 0.129. The van der Waals surface area contributed by atoms with Crippen molar-refractivity contribution in [3.05, 3.63) is 22.9 Å². The van der Waals surface area contributed by atoms with Crippen LogP contribution in [0.1, 0.15) is 19.8 Å². The molecule has 0 aromatic carbocycles. The van der Waals surface area contributed by atoms with Crippen molar-refractivity contribution in [2.24, 2.45) is 0 Å². The Morgan fingerprint density at radius 3 is 2.93 bits per heavy atom. The zero-order chi connectivity index (χ0) is 11.3. The standard InChI is InChI=1S/C10H13BrN2O2/c1-7(2-5-10(14)15)13-8-3-4-9(11)12-6-8/h3-4,6-7,13H,2,5H2,1H3,(H,14,15). The minimum atomic E-state index is -0.766. The molecule has 0 saturated heterocycles. The Labute approximate surface area is 96.8 Å². The van der Waals surface area contributed by atoms with Gasteiger partial charge in [0.2, 0.25) is 0 Å². The normalized spacial score (nSPS) is 12.1. The van der Waals surface area contributed by atoms with E-state index in [-0.39, 0.29) is 12.5 Å². The average molecular weight is 273 g/mol. The fourth-order valence-electron chi connectivity index (χ4n) is 1.16. The summed E-state index contributed by atoms with van der Waals surface area (Å²) in [4.78, 5) is 14.4. The molecule has 4 nitrogen and oxygen atoms in total. The van der Waals surface area contributed by atoms with Crippen molar-refractivity contribution in [3.63, 3.8) is 0 Å². The van der Waals surface area contributed by atoms with E-state index in [0.29, 0.717) is 6.42 Å². The highest BCUT2D eigenvalue weighted by atomic mass is 79.9. The highest BCUT2D eigenvalue weighted by Crippen LogP contribution is 2.12. The molecule has 0 bridgehead atoms. The molecular weight excluding hydrogens is 260 g/mol. The molecule has 0 radical (unpaired) electrons. The first kappa shape index (κ1) is 12.0. The maximum Gasteiger partial charge on any atom is 0.303 e. The van der Waals surface area contributed by atoms with E-state index < -0.39 is 5.97 Å². The van der Waals surface area contributed by atoms with E-state index in [9.17, 15) is 4.79 Å². The van der Waals surface area contributed by atoms with Gasteiger partial charge in [0, 0.05) is 12.5 Å². The second-order valence-corrected chi connectivity index (χ2v) is 4.16. The maximum absolute atomic E-state index is 10.4. The van der Waals surface area contributed by atoms with Crippen molar-refractivity contribution in [2.45, 2.75) is 25.8 Å². The third kappa shape index (κ3) is 4.78. The quantitative estimate of drug-likeness (QED) is 0.809. The van der Waals surface area contributed by atoms with Crippen LogP contribution in [-0.4, -0.2) is 22.1 Å². The van der Waals surface area contributed by atoms with Crippen molar-refractivity contribution in [1.82, 2.24) is 4.98 Å². The van der Waals surface area contributed by atoms with Crippen LogP contribution in [0.5, 0.6) is 0 Å². The van der Waals surface area contributed by atoms with Gasteiger partial charge in [0.1, 0.15) is 4.60 Å². The molecule has 1 aromatic rings. The lowest BCUT2D eigenvalue weighted by atomic mass is 10.2. The number of nitrogens with zero attached hydrogens (tertiary/aromatic N) is 1. The van der Waals surface area contributed by atoms with Crippen molar-refractivity contribution >= 4 is 27.6 Å². The van der Waals surface area contributed by atoms with E-state index in [1.807, 2.05) is 19.1 Å². The van der Waals surface area contributed by atoms with Gasteiger partial charge in [0.05, 0.1) is 11.9 Å². The number of hydrogen-bond acceptors (Lipinski definition) is 3. The monoisotopic (exact) mass is 272 g/mol. The number of rotatable bonds is 5. The Kier molecular flexibility index (Phi) is 4.55. The molecule has 2 N–H and O–H groups in total. The molecule has 1 unspecified atom stereocenters. The number of pyridine rings is 1. The van der Waals surface area contributed by atoms with E-state index >= 15 is 0 Å². The average Bonchev–Trinajstić information content (AvgIpc) is 2.19. The first-order valence-electron chi connectivity index (χ1n) is 4.68. The molecule has 1 aromatic heterocycles. The van der Waals surface area contributed by atoms with Crippen molar-refractivity contribution < 1.29 is 9.90 Å². The summed E-state index contributed by atoms with van der Waals surface area (Å²) in [5.74, 6) is -0.766. The Balaban J connectivity index is 2.40. The SMILES string of the molecule is CC(CCC(=O)O)Nc1ccc(Br)nc1. The van der Waals surface area contributed by atoms with Crippen molar-refractivity contribution in [1.29, 1.82) is 0 Å². The van der Waals surface area contributed by atoms with Crippen LogP contribution in [-0.2, 0) is 4.79 Å². The third-order valence-corrected chi connectivity index (χ3v) is 2.40. The molecule has 1 heterocycles. The lowest BCUT2D eigenvalue weighted by Gasteiger charge is -2.13. The summed E-state index contributed by atoms with van der Waals surface area (Å²) in [6.07, 6.45) is 2.49. The van der Waals surface area contributed by atoms with Crippen molar-refractivity contribution in [3.8, 4) is 0 Å². The topological polar surface area (TPSA) is 62.2 Å². The van der Waals surface area contributed by atoms with Gasteiger partial charge in [0.25, 0.3) is 0 Å². The number of nitrogens with one attached hydrogen (secondary N) is 1. The first-order chi connectivity index (χ1) is 7.08. The largest absolute Gasteiger partial charge is 0.481 e. The fraction of sp³-hybridized carbons (Fsp3) is 0.400.